The average molecular weight is 270 g/mol. The lowest BCUT2D eigenvalue weighted by Crippen LogP contribution is -2.52. The van der Waals surface area contributed by atoms with E-state index < -0.39 is 0 Å². The van der Waals surface area contributed by atoms with Crippen LogP contribution in [0.2, 0.25) is 0 Å². The Labute approximate surface area is 115 Å². The van der Waals surface area contributed by atoms with Crippen molar-refractivity contribution < 1.29 is 14.6 Å². The number of hydrogen-bond acceptors (Lipinski definition) is 5. The maximum atomic E-state index is 12.1. The molecule has 2 aliphatic rings. The molecule has 0 aromatic rings. The molecule has 0 spiro atoms. The summed E-state index contributed by atoms with van der Waals surface area (Å²) in [4.78, 5) is 16.7. The molecule has 1 unspecified atom stereocenters. The second-order valence-electron chi connectivity index (χ2n) is 5.88. The van der Waals surface area contributed by atoms with Crippen molar-refractivity contribution in [2.45, 2.75) is 37.8 Å². The molecular formula is C14H26N2O3. The fourth-order valence-corrected chi connectivity index (χ4v) is 3.27. The van der Waals surface area contributed by atoms with Gasteiger partial charge >= 0.3 is 5.97 Å². The minimum absolute atomic E-state index is 0.106. The molecule has 0 aromatic heterocycles. The molecule has 2 saturated heterocycles. The summed E-state index contributed by atoms with van der Waals surface area (Å²) in [5.41, 5.74) is 0. The van der Waals surface area contributed by atoms with Crippen molar-refractivity contribution in [2.24, 2.45) is 5.92 Å². The van der Waals surface area contributed by atoms with Gasteiger partial charge in [0.25, 0.3) is 0 Å². The van der Waals surface area contributed by atoms with E-state index in [1.54, 1.807) is 0 Å². The molecule has 0 aromatic carbocycles. The number of rotatable bonds is 3. The Kier molecular flexibility index (Phi) is 5.19. The van der Waals surface area contributed by atoms with Gasteiger partial charge in [-0.25, -0.2) is 0 Å². The molecule has 1 N–H and O–H groups in total. The van der Waals surface area contributed by atoms with Gasteiger partial charge in [0.1, 0.15) is 6.04 Å². The lowest BCUT2D eigenvalue weighted by atomic mass is 9.87. The number of carbonyl (C=O) groups excluding carboxylic acids is 1. The highest BCUT2D eigenvalue weighted by atomic mass is 16.5. The van der Waals surface area contributed by atoms with Crippen LogP contribution in [0.15, 0.2) is 0 Å². The van der Waals surface area contributed by atoms with Crippen LogP contribution in [0.25, 0.3) is 0 Å². The molecule has 0 radical (unpaired) electrons. The number of ether oxygens (including phenoxy) is 1. The topological polar surface area (TPSA) is 53.0 Å². The van der Waals surface area contributed by atoms with Crippen LogP contribution in [0.3, 0.4) is 0 Å². The van der Waals surface area contributed by atoms with Gasteiger partial charge in [-0.15, -0.1) is 0 Å². The van der Waals surface area contributed by atoms with Crippen LogP contribution < -0.4 is 0 Å². The van der Waals surface area contributed by atoms with Crippen molar-refractivity contribution in [1.29, 1.82) is 0 Å². The lowest BCUT2D eigenvalue weighted by molar-refractivity contribution is -0.151. The summed E-state index contributed by atoms with van der Waals surface area (Å²) in [5, 5.41) is 9.60. The highest BCUT2D eigenvalue weighted by molar-refractivity contribution is 5.76. The normalized spacial score (nSPS) is 26.3. The third-order valence-corrected chi connectivity index (χ3v) is 4.54. The number of nitrogens with zero attached hydrogens (tertiary/aromatic N) is 2. The molecule has 19 heavy (non-hydrogen) atoms. The molecule has 0 aliphatic carbocycles. The first-order valence-electron chi connectivity index (χ1n) is 7.30. The summed E-state index contributed by atoms with van der Waals surface area (Å²) in [6, 6.07) is -0.119. The fourth-order valence-electron chi connectivity index (χ4n) is 3.27. The Morgan fingerprint density at radius 2 is 1.74 bits per heavy atom. The first-order chi connectivity index (χ1) is 9.11. The van der Waals surface area contributed by atoms with Crippen LogP contribution in [0.5, 0.6) is 0 Å². The fraction of sp³-hybridized carbons (Fsp3) is 0.929. The Bertz CT molecular complexity index is 273. The molecule has 2 rings (SSSR count). The minimum Gasteiger partial charge on any atom is -0.468 e. The van der Waals surface area contributed by atoms with E-state index in [-0.39, 0.29) is 18.1 Å². The quantitative estimate of drug-likeness (QED) is 0.749. The van der Waals surface area contributed by atoms with Gasteiger partial charge in [-0.3, -0.25) is 9.69 Å². The van der Waals surface area contributed by atoms with Gasteiger partial charge in [-0.05, 0) is 51.7 Å². The standard InChI is InChI=1S/C14H26N2O3/c1-15-7-3-11(4-8-15)13(14(18)19-2)16-9-5-12(17)6-10-16/h11-13,17H,3-10H2,1-2H3. The Morgan fingerprint density at radius 1 is 1.16 bits per heavy atom. The number of aliphatic hydroxyl groups is 1. The van der Waals surface area contributed by atoms with Crippen molar-refractivity contribution in [3.8, 4) is 0 Å². The van der Waals surface area contributed by atoms with Crippen LogP contribution in [-0.2, 0) is 9.53 Å². The van der Waals surface area contributed by atoms with Gasteiger partial charge in [0.2, 0.25) is 0 Å². The van der Waals surface area contributed by atoms with E-state index in [9.17, 15) is 9.90 Å². The van der Waals surface area contributed by atoms with Crippen molar-refractivity contribution in [3.05, 3.63) is 0 Å². The molecule has 110 valence electrons. The number of piperidine rings is 2. The Hall–Kier alpha value is -0.650. The van der Waals surface area contributed by atoms with E-state index >= 15 is 0 Å². The summed E-state index contributed by atoms with van der Waals surface area (Å²) in [6.07, 6.45) is 3.43. The van der Waals surface area contributed by atoms with Gasteiger partial charge in [0.15, 0.2) is 0 Å². The molecule has 1 atom stereocenters. The number of carbonyl (C=O) groups is 1. The molecule has 5 heteroatoms. The molecule has 2 aliphatic heterocycles. The van der Waals surface area contributed by atoms with Crippen LogP contribution in [-0.4, -0.2) is 73.4 Å². The summed E-state index contributed by atoms with van der Waals surface area (Å²) in [5.74, 6) is 0.282. The Balaban J connectivity index is 2.01. The van der Waals surface area contributed by atoms with Crippen LogP contribution in [0.1, 0.15) is 25.7 Å². The summed E-state index contributed by atoms with van der Waals surface area (Å²) < 4.78 is 5.02. The molecule has 5 nitrogen and oxygen atoms in total. The molecular weight excluding hydrogens is 244 g/mol. The van der Waals surface area contributed by atoms with E-state index in [4.69, 9.17) is 4.74 Å². The van der Waals surface area contributed by atoms with Gasteiger partial charge in [0, 0.05) is 13.1 Å². The average Bonchev–Trinajstić information content (AvgIpc) is 2.43. The van der Waals surface area contributed by atoms with Gasteiger partial charge < -0.3 is 14.7 Å². The van der Waals surface area contributed by atoms with Crippen molar-refractivity contribution in [3.63, 3.8) is 0 Å². The highest BCUT2D eigenvalue weighted by Crippen LogP contribution is 2.26. The zero-order valence-electron chi connectivity index (χ0n) is 12.0. The summed E-state index contributed by atoms with van der Waals surface area (Å²) >= 11 is 0. The molecule has 0 bridgehead atoms. The number of aliphatic hydroxyl groups excluding tert-OH is 1. The van der Waals surface area contributed by atoms with E-state index in [0.717, 1.165) is 51.9 Å². The minimum atomic E-state index is -0.202. The number of likely N-dealkylation sites (tertiary alicyclic amines) is 2. The largest absolute Gasteiger partial charge is 0.468 e. The zero-order chi connectivity index (χ0) is 13.8. The third-order valence-electron chi connectivity index (χ3n) is 4.54. The predicted molar refractivity (Wildman–Crippen MR) is 72.8 cm³/mol. The van der Waals surface area contributed by atoms with Gasteiger partial charge in [-0.1, -0.05) is 0 Å². The van der Waals surface area contributed by atoms with E-state index in [0.29, 0.717) is 5.92 Å². The predicted octanol–water partition coefficient (Wildman–Crippen LogP) is 0.327. The monoisotopic (exact) mass is 270 g/mol. The molecule has 0 amide bonds. The van der Waals surface area contributed by atoms with Crippen LogP contribution in [0.4, 0.5) is 0 Å². The maximum absolute atomic E-state index is 12.1. The van der Waals surface area contributed by atoms with E-state index in [1.807, 2.05) is 0 Å². The second kappa shape index (κ2) is 6.68. The molecule has 0 saturated carbocycles. The van der Waals surface area contributed by atoms with Crippen molar-refractivity contribution in [1.82, 2.24) is 9.80 Å². The molecule has 2 fully saturated rings. The highest BCUT2D eigenvalue weighted by Gasteiger charge is 2.37. The zero-order valence-corrected chi connectivity index (χ0v) is 12.0. The SMILES string of the molecule is COC(=O)C(C1CCN(C)CC1)N1CCC(O)CC1. The Morgan fingerprint density at radius 3 is 2.26 bits per heavy atom. The third kappa shape index (κ3) is 3.68. The second-order valence-corrected chi connectivity index (χ2v) is 5.88. The van der Waals surface area contributed by atoms with Crippen molar-refractivity contribution in [2.75, 3.05) is 40.3 Å². The van der Waals surface area contributed by atoms with E-state index in [1.165, 1.54) is 7.11 Å². The molecule has 2 heterocycles. The van der Waals surface area contributed by atoms with Crippen molar-refractivity contribution >= 4 is 5.97 Å². The van der Waals surface area contributed by atoms with Gasteiger partial charge in [-0.2, -0.15) is 0 Å². The number of methoxy groups -OCH3 is 1. The van der Waals surface area contributed by atoms with Crippen LogP contribution >= 0.6 is 0 Å². The maximum Gasteiger partial charge on any atom is 0.323 e. The lowest BCUT2D eigenvalue weighted by Gasteiger charge is -2.41. The number of esters is 1. The summed E-state index contributed by atoms with van der Waals surface area (Å²) in [6.45, 7) is 3.70. The first kappa shape index (κ1) is 14.8. The first-order valence-corrected chi connectivity index (χ1v) is 7.30. The number of hydrogen-bond donors (Lipinski definition) is 1. The summed E-state index contributed by atoms with van der Waals surface area (Å²) in [7, 11) is 3.60. The van der Waals surface area contributed by atoms with Crippen LogP contribution in [0, 0.1) is 5.92 Å². The van der Waals surface area contributed by atoms with E-state index in [2.05, 4.69) is 16.8 Å². The smallest absolute Gasteiger partial charge is 0.323 e. The van der Waals surface area contributed by atoms with Gasteiger partial charge in [0.05, 0.1) is 13.2 Å².